The van der Waals surface area contributed by atoms with Gasteiger partial charge in [0.25, 0.3) is 0 Å². The molecule has 1 aromatic heterocycles. The number of primary amides is 1. The lowest BCUT2D eigenvalue weighted by Crippen LogP contribution is -2.30. The van der Waals surface area contributed by atoms with Crippen LogP contribution in [0.3, 0.4) is 0 Å². The summed E-state index contributed by atoms with van der Waals surface area (Å²) >= 11 is 1.07. The number of aliphatic hydroxyl groups is 1. The normalized spacial score (nSPS) is 12.2. The Labute approximate surface area is 102 Å². The Hall–Kier alpha value is -1.67. The summed E-state index contributed by atoms with van der Waals surface area (Å²) < 4.78 is 0. The standard InChI is InChI=1S/C9H13N3O4S/c1-5(13)7-3-6(12(15)16)9(17-7)11(2)4-8(10)14/h3,5,13H,4H2,1-2H3,(H2,10,14)/t5-/m0/s1. The Morgan fingerprint density at radius 1 is 1.76 bits per heavy atom. The molecule has 1 rings (SSSR count). The van der Waals surface area contributed by atoms with Crippen LogP contribution in [0.25, 0.3) is 0 Å². The fourth-order valence-electron chi connectivity index (χ4n) is 1.31. The van der Waals surface area contributed by atoms with Gasteiger partial charge in [-0.1, -0.05) is 0 Å². The maximum atomic E-state index is 10.8. The van der Waals surface area contributed by atoms with Gasteiger partial charge < -0.3 is 15.7 Å². The highest BCUT2D eigenvalue weighted by Gasteiger charge is 2.24. The summed E-state index contributed by atoms with van der Waals surface area (Å²) in [6.45, 7) is 1.41. The minimum atomic E-state index is -0.783. The summed E-state index contributed by atoms with van der Waals surface area (Å²) in [6.07, 6.45) is -0.783. The van der Waals surface area contributed by atoms with Crippen molar-refractivity contribution in [2.75, 3.05) is 18.5 Å². The van der Waals surface area contributed by atoms with Gasteiger partial charge >= 0.3 is 5.69 Å². The molecule has 94 valence electrons. The van der Waals surface area contributed by atoms with Gasteiger partial charge in [0.2, 0.25) is 5.91 Å². The van der Waals surface area contributed by atoms with Crippen molar-refractivity contribution in [3.8, 4) is 0 Å². The van der Waals surface area contributed by atoms with Gasteiger partial charge in [0.05, 0.1) is 17.6 Å². The maximum absolute atomic E-state index is 10.8. The lowest BCUT2D eigenvalue weighted by Gasteiger charge is -2.13. The molecule has 0 aromatic carbocycles. The van der Waals surface area contributed by atoms with E-state index in [2.05, 4.69) is 0 Å². The Balaban J connectivity index is 3.11. The molecule has 1 heterocycles. The van der Waals surface area contributed by atoms with E-state index in [9.17, 15) is 20.0 Å². The fourth-order valence-corrected chi connectivity index (χ4v) is 2.33. The van der Waals surface area contributed by atoms with Gasteiger partial charge in [-0.05, 0) is 6.92 Å². The highest BCUT2D eigenvalue weighted by atomic mass is 32.1. The first kappa shape index (κ1) is 13.4. The molecule has 0 fully saturated rings. The van der Waals surface area contributed by atoms with E-state index in [0.29, 0.717) is 9.88 Å². The van der Waals surface area contributed by atoms with Crippen molar-refractivity contribution in [2.24, 2.45) is 5.73 Å². The lowest BCUT2D eigenvalue weighted by atomic mass is 10.3. The van der Waals surface area contributed by atoms with Crippen LogP contribution in [0.15, 0.2) is 6.07 Å². The van der Waals surface area contributed by atoms with Crippen molar-refractivity contribution in [3.05, 3.63) is 21.1 Å². The number of aliphatic hydroxyl groups excluding tert-OH is 1. The third kappa shape index (κ3) is 3.14. The summed E-state index contributed by atoms with van der Waals surface area (Å²) in [4.78, 5) is 22.9. The van der Waals surface area contributed by atoms with Gasteiger partial charge in [0.1, 0.15) is 0 Å². The van der Waals surface area contributed by atoms with Gasteiger partial charge in [0.15, 0.2) is 5.00 Å². The van der Waals surface area contributed by atoms with Crippen molar-refractivity contribution in [1.29, 1.82) is 0 Å². The lowest BCUT2D eigenvalue weighted by molar-refractivity contribution is -0.383. The van der Waals surface area contributed by atoms with Gasteiger partial charge in [-0.3, -0.25) is 14.9 Å². The van der Waals surface area contributed by atoms with Crippen molar-refractivity contribution in [3.63, 3.8) is 0 Å². The zero-order valence-electron chi connectivity index (χ0n) is 9.41. The number of anilines is 1. The smallest absolute Gasteiger partial charge is 0.304 e. The number of thiophene rings is 1. The Kier molecular flexibility index (Phi) is 4.02. The van der Waals surface area contributed by atoms with Crippen LogP contribution in [-0.4, -0.2) is 29.5 Å². The maximum Gasteiger partial charge on any atom is 0.304 e. The number of rotatable bonds is 5. The van der Waals surface area contributed by atoms with Gasteiger partial charge in [-0.15, -0.1) is 11.3 Å². The largest absolute Gasteiger partial charge is 0.388 e. The van der Waals surface area contributed by atoms with Gasteiger partial charge in [0, 0.05) is 18.0 Å². The summed E-state index contributed by atoms with van der Waals surface area (Å²) in [6, 6.07) is 1.31. The zero-order valence-corrected chi connectivity index (χ0v) is 10.2. The number of hydrogen-bond donors (Lipinski definition) is 2. The van der Waals surface area contributed by atoms with E-state index in [4.69, 9.17) is 5.73 Å². The quantitative estimate of drug-likeness (QED) is 0.595. The third-order valence-electron chi connectivity index (χ3n) is 2.06. The average molecular weight is 259 g/mol. The molecule has 1 aromatic rings. The summed E-state index contributed by atoms with van der Waals surface area (Å²) in [5.74, 6) is -0.575. The van der Waals surface area contributed by atoms with Crippen molar-refractivity contribution >= 4 is 27.9 Å². The molecular weight excluding hydrogens is 246 g/mol. The number of carbonyl (C=O) groups is 1. The SMILES string of the molecule is C[C@H](O)c1cc([N+](=O)[O-])c(N(C)CC(N)=O)s1. The van der Waals surface area contributed by atoms with Gasteiger partial charge in [-0.2, -0.15) is 0 Å². The van der Waals surface area contributed by atoms with E-state index < -0.39 is 16.9 Å². The molecule has 8 heteroatoms. The Bertz CT molecular complexity index is 443. The van der Waals surface area contributed by atoms with Crippen LogP contribution in [-0.2, 0) is 4.79 Å². The molecule has 0 bridgehead atoms. The number of nitro groups is 1. The molecule has 7 nitrogen and oxygen atoms in total. The molecule has 0 spiro atoms. The number of nitrogens with zero attached hydrogens (tertiary/aromatic N) is 2. The number of nitrogens with two attached hydrogens (primary N) is 1. The van der Waals surface area contributed by atoms with Crippen LogP contribution >= 0.6 is 11.3 Å². The second-order valence-electron chi connectivity index (χ2n) is 3.59. The average Bonchev–Trinajstić information content (AvgIpc) is 2.60. The van der Waals surface area contributed by atoms with Gasteiger partial charge in [-0.25, -0.2) is 0 Å². The van der Waals surface area contributed by atoms with Crippen molar-refractivity contribution in [1.82, 2.24) is 0 Å². The Morgan fingerprint density at radius 2 is 2.35 bits per heavy atom. The van der Waals surface area contributed by atoms with Crippen LogP contribution in [0.4, 0.5) is 10.7 Å². The number of likely N-dealkylation sites (N-methyl/N-ethyl adjacent to an activating group) is 1. The highest BCUT2D eigenvalue weighted by molar-refractivity contribution is 7.16. The fraction of sp³-hybridized carbons (Fsp3) is 0.444. The molecule has 0 unspecified atom stereocenters. The molecule has 0 saturated heterocycles. The topological polar surface area (TPSA) is 110 Å². The van der Waals surface area contributed by atoms with E-state index >= 15 is 0 Å². The molecule has 0 saturated carbocycles. The van der Waals surface area contributed by atoms with E-state index in [1.165, 1.54) is 24.9 Å². The van der Waals surface area contributed by atoms with E-state index in [-0.39, 0.29) is 12.2 Å². The first-order chi connectivity index (χ1) is 7.82. The van der Waals surface area contributed by atoms with E-state index in [1.54, 1.807) is 0 Å². The van der Waals surface area contributed by atoms with Crippen LogP contribution in [0, 0.1) is 10.1 Å². The predicted molar refractivity (Wildman–Crippen MR) is 64.1 cm³/mol. The molecule has 3 N–H and O–H groups in total. The molecule has 0 aliphatic rings. The Morgan fingerprint density at radius 3 is 2.76 bits per heavy atom. The number of amides is 1. The molecule has 17 heavy (non-hydrogen) atoms. The minimum Gasteiger partial charge on any atom is -0.388 e. The first-order valence-corrected chi connectivity index (χ1v) is 5.60. The third-order valence-corrected chi connectivity index (χ3v) is 3.47. The van der Waals surface area contributed by atoms with Crippen LogP contribution < -0.4 is 10.6 Å². The molecule has 0 radical (unpaired) electrons. The molecule has 0 aliphatic heterocycles. The first-order valence-electron chi connectivity index (χ1n) is 4.78. The predicted octanol–water partition coefficient (Wildman–Crippen LogP) is 0.631. The summed E-state index contributed by atoms with van der Waals surface area (Å²) in [5.41, 5.74) is 4.90. The van der Waals surface area contributed by atoms with E-state index in [0.717, 1.165) is 11.3 Å². The number of hydrogen-bond acceptors (Lipinski definition) is 6. The number of carbonyl (C=O) groups excluding carboxylic acids is 1. The molecular formula is C9H13N3O4S. The molecule has 0 aliphatic carbocycles. The van der Waals surface area contributed by atoms with Crippen molar-refractivity contribution < 1.29 is 14.8 Å². The second-order valence-corrected chi connectivity index (χ2v) is 4.66. The summed E-state index contributed by atoms with van der Waals surface area (Å²) in [5, 5.41) is 20.5. The monoisotopic (exact) mass is 259 g/mol. The molecule has 1 atom stereocenters. The highest BCUT2D eigenvalue weighted by Crippen LogP contribution is 2.39. The van der Waals surface area contributed by atoms with Crippen LogP contribution in [0.2, 0.25) is 0 Å². The zero-order chi connectivity index (χ0) is 13.2. The second kappa shape index (κ2) is 5.11. The van der Waals surface area contributed by atoms with E-state index in [1.807, 2.05) is 0 Å². The van der Waals surface area contributed by atoms with Crippen molar-refractivity contribution in [2.45, 2.75) is 13.0 Å². The minimum absolute atomic E-state index is 0.111. The molecule has 1 amide bonds. The summed E-state index contributed by atoms with van der Waals surface area (Å²) in [7, 11) is 1.54. The van der Waals surface area contributed by atoms with Crippen LogP contribution in [0.1, 0.15) is 17.9 Å². The van der Waals surface area contributed by atoms with Crippen LogP contribution in [0.5, 0.6) is 0 Å².